The molecule has 0 nitrogen and oxygen atoms in total. The molecule has 0 amide bonds. The van der Waals surface area contributed by atoms with Gasteiger partial charge in [-0.3, -0.25) is 0 Å². The van der Waals surface area contributed by atoms with Crippen LogP contribution in [0.1, 0.15) is 44.6 Å². The Hall–Kier alpha value is -1.44. The van der Waals surface area contributed by atoms with Gasteiger partial charge in [0.05, 0.1) is 0 Å². The van der Waals surface area contributed by atoms with Crippen molar-refractivity contribution in [1.29, 1.82) is 0 Å². The molecule has 1 aromatic rings. The van der Waals surface area contributed by atoms with Crippen LogP contribution in [0.25, 0.3) is 5.57 Å². The third-order valence-corrected chi connectivity index (χ3v) is 5.03. The normalized spacial score (nSPS) is 29.3. The Labute approximate surface area is 125 Å². The van der Waals surface area contributed by atoms with E-state index in [9.17, 15) is 8.78 Å². The zero-order chi connectivity index (χ0) is 14.8. The van der Waals surface area contributed by atoms with Crippen molar-refractivity contribution in [2.24, 2.45) is 17.8 Å². The van der Waals surface area contributed by atoms with Crippen LogP contribution in [-0.4, -0.2) is 0 Å². The summed E-state index contributed by atoms with van der Waals surface area (Å²) in [5, 5.41) is 0. The van der Waals surface area contributed by atoms with E-state index in [1.54, 1.807) is 0 Å². The molecule has 21 heavy (non-hydrogen) atoms. The average Bonchev–Trinajstić information content (AvgIpc) is 2.47. The molecule has 0 aliphatic heterocycles. The van der Waals surface area contributed by atoms with Crippen molar-refractivity contribution < 1.29 is 8.78 Å². The van der Waals surface area contributed by atoms with Crippen LogP contribution in [-0.2, 0) is 0 Å². The van der Waals surface area contributed by atoms with Crippen LogP contribution in [0.5, 0.6) is 0 Å². The predicted molar refractivity (Wildman–Crippen MR) is 82.7 cm³/mol. The average molecular weight is 288 g/mol. The van der Waals surface area contributed by atoms with Gasteiger partial charge in [0, 0.05) is 6.07 Å². The Kier molecular flexibility index (Phi) is 4.23. The van der Waals surface area contributed by atoms with Gasteiger partial charge in [0.2, 0.25) is 0 Å². The summed E-state index contributed by atoms with van der Waals surface area (Å²) in [5.41, 5.74) is 1.82. The maximum absolute atomic E-state index is 13.5. The largest absolute Gasteiger partial charge is 0.207 e. The summed E-state index contributed by atoms with van der Waals surface area (Å²) < 4.78 is 27.0. The van der Waals surface area contributed by atoms with E-state index in [0.29, 0.717) is 17.4 Å². The molecular weight excluding hydrogens is 266 g/mol. The van der Waals surface area contributed by atoms with Gasteiger partial charge in [0.25, 0.3) is 0 Å². The molecule has 0 heterocycles. The fourth-order valence-electron chi connectivity index (χ4n) is 3.81. The standard InChI is InChI=1S/C19H22F2/c1-13-6-8-14(9-7-13)18-4-2-3-5-19(18)15-10-16(20)12-17(21)11-15/h2-3,5,10-14,18H,4,6-9H2,1H3. The Morgan fingerprint density at radius 1 is 0.952 bits per heavy atom. The molecule has 112 valence electrons. The topological polar surface area (TPSA) is 0 Å². The highest BCUT2D eigenvalue weighted by molar-refractivity contribution is 5.70. The molecule has 0 spiro atoms. The molecular formula is C19H22F2. The van der Waals surface area contributed by atoms with Gasteiger partial charge in [-0.25, -0.2) is 8.78 Å². The first-order valence-electron chi connectivity index (χ1n) is 7.96. The van der Waals surface area contributed by atoms with Crippen molar-refractivity contribution in [3.63, 3.8) is 0 Å². The molecule has 2 heteroatoms. The highest BCUT2D eigenvalue weighted by Crippen LogP contribution is 2.42. The number of hydrogen-bond donors (Lipinski definition) is 0. The SMILES string of the molecule is CC1CCC(C2CC=CC=C2c2cc(F)cc(F)c2)CC1. The van der Waals surface area contributed by atoms with Crippen LogP contribution < -0.4 is 0 Å². The van der Waals surface area contributed by atoms with Gasteiger partial charge in [0.1, 0.15) is 11.6 Å². The first-order valence-corrected chi connectivity index (χ1v) is 7.96. The highest BCUT2D eigenvalue weighted by atomic mass is 19.1. The summed E-state index contributed by atoms with van der Waals surface area (Å²) in [6.07, 6.45) is 12.2. The second kappa shape index (κ2) is 6.13. The molecule has 0 N–H and O–H groups in total. The van der Waals surface area contributed by atoms with Crippen molar-refractivity contribution in [3.05, 3.63) is 53.6 Å². The molecule has 1 unspecified atom stereocenters. The van der Waals surface area contributed by atoms with E-state index in [-0.39, 0.29) is 0 Å². The lowest BCUT2D eigenvalue weighted by Gasteiger charge is -2.35. The zero-order valence-corrected chi connectivity index (χ0v) is 12.5. The van der Waals surface area contributed by atoms with E-state index in [2.05, 4.69) is 13.0 Å². The minimum Gasteiger partial charge on any atom is -0.207 e. The molecule has 2 aliphatic rings. The molecule has 0 radical (unpaired) electrons. The maximum atomic E-state index is 13.5. The molecule has 3 rings (SSSR count). The van der Waals surface area contributed by atoms with E-state index in [0.717, 1.165) is 24.0 Å². The third-order valence-electron chi connectivity index (χ3n) is 5.03. The lowest BCUT2D eigenvalue weighted by Crippen LogP contribution is -2.22. The van der Waals surface area contributed by atoms with Crippen molar-refractivity contribution in [2.45, 2.75) is 39.0 Å². The minimum absolute atomic E-state index is 0.406. The summed E-state index contributed by atoms with van der Waals surface area (Å²) in [7, 11) is 0. The van der Waals surface area contributed by atoms with Gasteiger partial charge in [-0.05, 0) is 60.3 Å². The van der Waals surface area contributed by atoms with Crippen molar-refractivity contribution >= 4 is 5.57 Å². The molecule has 0 aromatic heterocycles. The smallest absolute Gasteiger partial charge is 0.126 e. The van der Waals surface area contributed by atoms with E-state index in [1.807, 2.05) is 12.2 Å². The van der Waals surface area contributed by atoms with Gasteiger partial charge in [-0.2, -0.15) is 0 Å². The number of benzene rings is 1. The number of hydrogen-bond acceptors (Lipinski definition) is 0. The fraction of sp³-hybridized carbons (Fsp3) is 0.474. The Balaban J connectivity index is 1.87. The van der Waals surface area contributed by atoms with Crippen LogP contribution in [0.3, 0.4) is 0 Å². The molecule has 2 aliphatic carbocycles. The lowest BCUT2D eigenvalue weighted by atomic mass is 9.70. The molecule has 1 atom stereocenters. The summed E-state index contributed by atoms with van der Waals surface area (Å²) >= 11 is 0. The van der Waals surface area contributed by atoms with E-state index >= 15 is 0 Å². The molecule has 0 saturated heterocycles. The van der Waals surface area contributed by atoms with Gasteiger partial charge >= 0.3 is 0 Å². The third kappa shape index (κ3) is 3.25. The van der Waals surface area contributed by atoms with Crippen molar-refractivity contribution in [3.8, 4) is 0 Å². The number of allylic oxidation sites excluding steroid dienone is 4. The van der Waals surface area contributed by atoms with Gasteiger partial charge in [-0.1, -0.05) is 38.0 Å². The number of halogens is 2. The van der Waals surface area contributed by atoms with Gasteiger partial charge in [-0.15, -0.1) is 0 Å². The lowest BCUT2D eigenvalue weighted by molar-refractivity contribution is 0.245. The molecule has 1 aromatic carbocycles. The Bertz CT molecular complexity index is 543. The van der Waals surface area contributed by atoms with Gasteiger partial charge in [0.15, 0.2) is 0 Å². The van der Waals surface area contributed by atoms with Gasteiger partial charge < -0.3 is 0 Å². The van der Waals surface area contributed by atoms with Crippen molar-refractivity contribution in [1.82, 2.24) is 0 Å². The fourth-order valence-corrected chi connectivity index (χ4v) is 3.81. The van der Waals surface area contributed by atoms with Crippen LogP contribution >= 0.6 is 0 Å². The monoisotopic (exact) mass is 288 g/mol. The van der Waals surface area contributed by atoms with Crippen LogP contribution in [0, 0.1) is 29.4 Å². The van der Waals surface area contributed by atoms with Crippen LogP contribution in [0.2, 0.25) is 0 Å². The summed E-state index contributed by atoms with van der Waals surface area (Å²) in [6.45, 7) is 2.32. The predicted octanol–water partition coefficient (Wildman–Crippen LogP) is 5.75. The minimum atomic E-state index is -0.489. The first-order chi connectivity index (χ1) is 10.1. The molecule has 1 fully saturated rings. The second-order valence-electron chi connectivity index (χ2n) is 6.57. The van der Waals surface area contributed by atoms with E-state index < -0.39 is 11.6 Å². The van der Waals surface area contributed by atoms with Crippen LogP contribution in [0.15, 0.2) is 36.4 Å². The van der Waals surface area contributed by atoms with Crippen LogP contribution in [0.4, 0.5) is 8.78 Å². The van der Waals surface area contributed by atoms with E-state index in [4.69, 9.17) is 0 Å². The summed E-state index contributed by atoms with van der Waals surface area (Å²) in [5.74, 6) is 0.889. The summed E-state index contributed by atoms with van der Waals surface area (Å²) in [4.78, 5) is 0. The Morgan fingerprint density at radius 2 is 1.62 bits per heavy atom. The number of rotatable bonds is 2. The summed E-state index contributed by atoms with van der Waals surface area (Å²) in [6, 6.07) is 3.87. The van der Waals surface area contributed by atoms with Crippen molar-refractivity contribution in [2.75, 3.05) is 0 Å². The zero-order valence-electron chi connectivity index (χ0n) is 12.5. The highest BCUT2D eigenvalue weighted by Gasteiger charge is 2.29. The Morgan fingerprint density at radius 3 is 2.29 bits per heavy atom. The second-order valence-corrected chi connectivity index (χ2v) is 6.57. The van der Waals surface area contributed by atoms with E-state index in [1.165, 1.54) is 37.8 Å². The molecule has 0 bridgehead atoms. The maximum Gasteiger partial charge on any atom is 0.126 e. The molecule has 1 saturated carbocycles. The quantitative estimate of drug-likeness (QED) is 0.650. The first kappa shape index (κ1) is 14.5.